The van der Waals surface area contributed by atoms with E-state index in [9.17, 15) is 0 Å². The van der Waals surface area contributed by atoms with E-state index in [0.29, 0.717) is 0 Å². The molecule has 28 heavy (non-hydrogen) atoms. The lowest BCUT2D eigenvalue weighted by molar-refractivity contribution is 0.165. The number of hydrogen-bond acceptors (Lipinski definition) is 0. The lowest BCUT2D eigenvalue weighted by Gasteiger charge is -2.38. The number of rotatable bonds is 6. The maximum absolute atomic E-state index is 2.55. The van der Waals surface area contributed by atoms with E-state index in [2.05, 4.69) is 26.0 Å². The maximum Gasteiger partial charge on any atom is -0.0195 e. The van der Waals surface area contributed by atoms with Crippen LogP contribution in [0.5, 0.6) is 0 Å². The van der Waals surface area contributed by atoms with E-state index in [-0.39, 0.29) is 0 Å². The van der Waals surface area contributed by atoms with Gasteiger partial charge in [-0.05, 0) is 108 Å². The van der Waals surface area contributed by atoms with Crippen LogP contribution in [0.2, 0.25) is 0 Å². The summed E-state index contributed by atoms with van der Waals surface area (Å²) in [5, 5.41) is 0. The second kappa shape index (κ2) is 9.36. The van der Waals surface area contributed by atoms with Crippen molar-refractivity contribution in [2.45, 2.75) is 123 Å². The Labute approximate surface area is 175 Å². The highest BCUT2D eigenvalue weighted by Crippen LogP contribution is 2.53. The summed E-state index contributed by atoms with van der Waals surface area (Å²) >= 11 is 0. The highest BCUT2D eigenvalue weighted by molar-refractivity contribution is 5.26. The molecular weight excluding hydrogens is 336 g/mol. The molecule has 0 heterocycles. The van der Waals surface area contributed by atoms with E-state index in [4.69, 9.17) is 0 Å². The smallest absolute Gasteiger partial charge is 0.0195 e. The van der Waals surface area contributed by atoms with E-state index < -0.39 is 0 Å². The van der Waals surface area contributed by atoms with Crippen molar-refractivity contribution in [3.05, 3.63) is 34.4 Å². The monoisotopic (exact) mass is 380 g/mol. The second-order valence-electron chi connectivity index (χ2n) is 11.0. The quantitative estimate of drug-likeness (QED) is 0.403. The Morgan fingerprint density at radius 3 is 2.57 bits per heavy atom. The molecule has 4 aliphatic rings. The fraction of sp³-hybridized carbons (Fsp3) is 0.786. The fourth-order valence-electron chi connectivity index (χ4n) is 6.96. The Hall–Kier alpha value is -0.780. The van der Waals surface area contributed by atoms with Gasteiger partial charge in [0, 0.05) is 0 Å². The molecule has 0 aromatic carbocycles. The highest BCUT2D eigenvalue weighted by Gasteiger charge is 2.38. The fourth-order valence-corrected chi connectivity index (χ4v) is 6.96. The zero-order valence-corrected chi connectivity index (χ0v) is 18.8. The van der Waals surface area contributed by atoms with Gasteiger partial charge in [-0.25, -0.2) is 0 Å². The van der Waals surface area contributed by atoms with Crippen LogP contribution >= 0.6 is 0 Å². The van der Waals surface area contributed by atoms with Gasteiger partial charge in [-0.3, -0.25) is 0 Å². The van der Waals surface area contributed by atoms with Crippen molar-refractivity contribution >= 4 is 0 Å². The summed E-state index contributed by atoms with van der Waals surface area (Å²) in [6.45, 7) is 4.82. The van der Waals surface area contributed by atoms with Crippen LogP contribution in [0.15, 0.2) is 34.4 Å². The van der Waals surface area contributed by atoms with E-state index in [1.807, 2.05) is 11.1 Å². The average Bonchev–Trinajstić information content (AvgIpc) is 2.96. The van der Waals surface area contributed by atoms with E-state index in [1.165, 1.54) is 109 Å². The van der Waals surface area contributed by atoms with Crippen LogP contribution in [0.4, 0.5) is 0 Å². The summed E-state index contributed by atoms with van der Waals surface area (Å²) in [5.74, 6) is 1.85. The molecule has 2 unspecified atom stereocenters. The first-order chi connectivity index (χ1) is 13.6. The van der Waals surface area contributed by atoms with Gasteiger partial charge >= 0.3 is 0 Å². The predicted octanol–water partition coefficient (Wildman–Crippen LogP) is 9.08. The van der Waals surface area contributed by atoms with Crippen molar-refractivity contribution in [2.24, 2.45) is 17.3 Å². The molecule has 0 saturated heterocycles. The summed E-state index contributed by atoms with van der Waals surface area (Å²) in [5.41, 5.74) is 7.89. The van der Waals surface area contributed by atoms with Gasteiger partial charge in [-0.15, -0.1) is 0 Å². The highest BCUT2D eigenvalue weighted by atomic mass is 14.4. The molecule has 4 aliphatic carbocycles. The first-order valence-electron chi connectivity index (χ1n) is 12.7. The van der Waals surface area contributed by atoms with Gasteiger partial charge in [-0.1, -0.05) is 67.1 Å². The molecule has 0 heteroatoms. The summed E-state index contributed by atoms with van der Waals surface area (Å²) in [4.78, 5) is 0. The minimum Gasteiger partial charge on any atom is -0.0730 e. The van der Waals surface area contributed by atoms with Crippen LogP contribution in [0, 0.1) is 17.3 Å². The van der Waals surface area contributed by atoms with Crippen LogP contribution in [-0.2, 0) is 0 Å². The number of allylic oxidation sites excluding steroid dienone is 6. The summed E-state index contributed by atoms with van der Waals surface area (Å²) in [7, 11) is 0. The topological polar surface area (TPSA) is 0 Å². The molecule has 0 aromatic heterocycles. The molecule has 2 atom stereocenters. The molecule has 1 spiro atoms. The Bertz CT molecular complexity index is 622. The van der Waals surface area contributed by atoms with Crippen molar-refractivity contribution in [1.82, 2.24) is 0 Å². The molecule has 0 aliphatic heterocycles. The van der Waals surface area contributed by atoms with Gasteiger partial charge in [0.2, 0.25) is 0 Å². The zero-order valence-electron chi connectivity index (χ0n) is 18.8. The van der Waals surface area contributed by atoms with Gasteiger partial charge in [0.15, 0.2) is 0 Å². The van der Waals surface area contributed by atoms with Crippen molar-refractivity contribution in [3.63, 3.8) is 0 Å². The zero-order chi connectivity index (χ0) is 19.4. The first kappa shape index (κ1) is 20.5. The average molecular weight is 381 g/mol. The van der Waals surface area contributed by atoms with E-state index in [1.54, 1.807) is 11.1 Å². The van der Waals surface area contributed by atoms with Crippen molar-refractivity contribution in [3.8, 4) is 0 Å². The molecule has 0 amide bonds. The number of hydrogen-bond donors (Lipinski definition) is 0. The Morgan fingerprint density at radius 2 is 1.79 bits per heavy atom. The van der Waals surface area contributed by atoms with Gasteiger partial charge in [0.25, 0.3) is 0 Å². The van der Waals surface area contributed by atoms with Crippen LogP contribution in [-0.4, -0.2) is 0 Å². The SMILES string of the molecule is CC1=CC=C(CCCC(C)CC2CCC3=C2CC2(CCCCC2)CCC3)CC1. The van der Waals surface area contributed by atoms with Crippen LogP contribution < -0.4 is 0 Å². The van der Waals surface area contributed by atoms with Gasteiger partial charge in [0.1, 0.15) is 0 Å². The molecule has 1 fully saturated rings. The molecule has 0 N–H and O–H groups in total. The molecule has 1 saturated carbocycles. The largest absolute Gasteiger partial charge is 0.0730 e. The lowest BCUT2D eigenvalue weighted by atomic mass is 9.67. The maximum atomic E-state index is 2.55. The molecule has 0 aromatic rings. The molecule has 0 radical (unpaired) electrons. The molecular formula is C28H44. The third-order valence-electron chi connectivity index (χ3n) is 8.73. The van der Waals surface area contributed by atoms with Gasteiger partial charge < -0.3 is 0 Å². The van der Waals surface area contributed by atoms with Crippen molar-refractivity contribution < 1.29 is 0 Å². The third-order valence-corrected chi connectivity index (χ3v) is 8.73. The van der Waals surface area contributed by atoms with Crippen molar-refractivity contribution in [1.29, 1.82) is 0 Å². The molecule has 0 bridgehead atoms. The molecule has 4 rings (SSSR count). The van der Waals surface area contributed by atoms with E-state index in [0.717, 1.165) is 17.3 Å². The minimum absolute atomic E-state index is 0.722. The van der Waals surface area contributed by atoms with E-state index >= 15 is 0 Å². The van der Waals surface area contributed by atoms with Crippen LogP contribution in [0.25, 0.3) is 0 Å². The Kier molecular flexibility index (Phi) is 6.85. The molecule has 0 nitrogen and oxygen atoms in total. The normalized spacial score (nSPS) is 28.6. The van der Waals surface area contributed by atoms with Gasteiger partial charge in [0.05, 0.1) is 0 Å². The second-order valence-corrected chi connectivity index (χ2v) is 11.0. The summed E-state index contributed by atoms with van der Waals surface area (Å²) in [6, 6.07) is 0. The van der Waals surface area contributed by atoms with Gasteiger partial charge in [-0.2, -0.15) is 0 Å². The summed E-state index contributed by atoms with van der Waals surface area (Å²) in [6.07, 6.45) is 29.5. The van der Waals surface area contributed by atoms with Crippen LogP contribution in [0.3, 0.4) is 0 Å². The minimum atomic E-state index is 0.722. The predicted molar refractivity (Wildman–Crippen MR) is 122 cm³/mol. The Balaban J connectivity index is 1.29. The first-order valence-corrected chi connectivity index (χ1v) is 12.7. The third kappa shape index (κ3) is 5.03. The summed E-state index contributed by atoms with van der Waals surface area (Å²) < 4.78 is 0. The Morgan fingerprint density at radius 1 is 0.964 bits per heavy atom. The van der Waals surface area contributed by atoms with Crippen LogP contribution in [0.1, 0.15) is 123 Å². The lowest BCUT2D eigenvalue weighted by Crippen LogP contribution is -2.25. The van der Waals surface area contributed by atoms with Crippen molar-refractivity contribution in [2.75, 3.05) is 0 Å². The molecule has 156 valence electrons. The standard InChI is InChI=1S/C28H44/c1-22-11-13-24(14-12-22)9-6-8-23(2)20-26-16-15-25-10-7-19-28(21-27(25)26)17-4-3-5-18-28/h11,13,23,26H,3-10,12,14-21H2,1-2H3.